The molecule has 1 aromatic carbocycles. The fraction of sp³-hybridized carbons (Fsp3) is 0.333. The highest BCUT2D eigenvalue weighted by molar-refractivity contribution is 9.10. The highest BCUT2D eigenvalue weighted by Crippen LogP contribution is 2.27. The second-order valence-electron chi connectivity index (χ2n) is 4.88. The van der Waals surface area contributed by atoms with Crippen LogP contribution in [0.25, 0.3) is 5.69 Å². The molecule has 0 atom stereocenters. The van der Waals surface area contributed by atoms with Crippen LogP contribution < -0.4 is 0 Å². The molecular formula is C15H17BrN2O2. The van der Waals surface area contributed by atoms with Gasteiger partial charge in [0.2, 0.25) is 0 Å². The molecule has 1 N–H and O–H groups in total. The van der Waals surface area contributed by atoms with E-state index in [1.807, 2.05) is 23.7 Å². The first-order valence-electron chi connectivity index (χ1n) is 6.44. The van der Waals surface area contributed by atoms with Crippen molar-refractivity contribution in [3.63, 3.8) is 0 Å². The predicted molar refractivity (Wildman–Crippen MR) is 81.4 cm³/mol. The number of aromatic nitrogens is 2. The standard InChI is InChI=1S/C15H17BrN2O2/c1-9-5-4-6-13(10(9)2)18-15(16)12(11(3)17-18)7-8-14(19)20/h4-6H,7-8H2,1-3H3,(H,19,20). The van der Waals surface area contributed by atoms with Gasteiger partial charge in [0.15, 0.2) is 0 Å². The highest BCUT2D eigenvalue weighted by Gasteiger charge is 2.16. The molecule has 0 fully saturated rings. The van der Waals surface area contributed by atoms with E-state index in [2.05, 4.69) is 40.9 Å². The molecule has 0 aliphatic heterocycles. The lowest BCUT2D eigenvalue weighted by molar-refractivity contribution is -0.136. The number of carboxylic acids is 1. The van der Waals surface area contributed by atoms with Crippen molar-refractivity contribution in [1.82, 2.24) is 9.78 Å². The van der Waals surface area contributed by atoms with Crippen LogP contribution in [0.15, 0.2) is 22.8 Å². The molecule has 0 bridgehead atoms. The van der Waals surface area contributed by atoms with E-state index in [0.717, 1.165) is 21.5 Å². The summed E-state index contributed by atoms with van der Waals surface area (Å²) in [5, 5.41) is 13.4. The Morgan fingerprint density at radius 3 is 2.70 bits per heavy atom. The van der Waals surface area contributed by atoms with E-state index in [-0.39, 0.29) is 6.42 Å². The molecule has 0 spiro atoms. The topological polar surface area (TPSA) is 55.1 Å². The lowest BCUT2D eigenvalue weighted by Crippen LogP contribution is -2.01. The zero-order valence-electron chi connectivity index (χ0n) is 11.8. The van der Waals surface area contributed by atoms with Gasteiger partial charge in [-0.2, -0.15) is 5.10 Å². The van der Waals surface area contributed by atoms with Gasteiger partial charge in [0.1, 0.15) is 4.60 Å². The number of aryl methyl sites for hydroxylation is 2. The van der Waals surface area contributed by atoms with Crippen LogP contribution in [0.2, 0.25) is 0 Å². The average Bonchev–Trinajstić information content (AvgIpc) is 2.66. The van der Waals surface area contributed by atoms with Crippen LogP contribution in [-0.4, -0.2) is 20.9 Å². The van der Waals surface area contributed by atoms with E-state index in [1.54, 1.807) is 0 Å². The molecule has 106 valence electrons. The molecule has 0 saturated carbocycles. The molecular weight excluding hydrogens is 320 g/mol. The van der Waals surface area contributed by atoms with Gasteiger partial charge in [0, 0.05) is 12.0 Å². The van der Waals surface area contributed by atoms with Crippen LogP contribution in [0.1, 0.15) is 28.8 Å². The number of halogens is 1. The third-order valence-corrected chi connectivity index (χ3v) is 4.33. The zero-order chi connectivity index (χ0) is 14.9. The number of carboxylic acid groups (broad SMARTS) is 1. The Bertz CT molecular complexity index is 662. The van der Waals surface area contributed by atoms with Gasteiger partial charge in [-0.3, -0.25) is 4.79 Å². The number of benzene rings is 1. The van der Waals surface area contributed by atoms with Crippen molar-refractivity contribution in [2.24, 2.45) is 0 Å². The molecule has 0 amide bonds. The normalized spacial score (nSPS) is 10.8. The Balaban J connectivity index is 2.46. The Labute approximate surface area is 126 Å². The molecule has 20 heavy (non-hydrogen) atoms. The number of aliphatic carboxylic acids is 1. The first-order valence-corrected chi connectivity index (χ1v) is 7.23. The number of hydrogen-bond donors (Lipinski definition) is 1. The van der Waals surface area contributed by atoms with Gasteiger partial charge >= 0.3 is 5.97 Å². The first-order chi connectivity index (χ1) is 9.41. The molecule has 1 aromatic heterocycles. The molecule has 2 aromatic rings. The minimum atomic E-state index is -0.796. The highest BCUT2D eigenvalue weighted by atomic mass is 79.9. The minimum absolute atomic E-state index is 0.109. The van der Waals surface area contributed by atoms with Crippen molar-refractivity contribution < 1.29 is 9.90 Å². The summed E-state index contributed by atoms with van der Waals surface area (Å²) in [6.45, 7) is 6.03. The first kappa shape index (κ1) is 14.8. The summed E-state index contributed by atoms with van der Waals surface area (Å²) in [6, 6.07) is 6.08. The predicted octanol–water partition coefficient (Wildman–Crippen LogP) is 3.58. The minimum Gasteiger partial charge on any atom is -0.481 e. The van der Waals surface area contributed by atoms with Crippen LogP contribution in [0, 0.1) is 20.8 Å². The van der Waals surface area contributed by atoms with Gasteiger partial charge < -0.3 is 5.11 Å². The Morgan fingerprint density at radius 2 is 2.05 bits per heavy atom. The van der Waals surface area contributed by atoms with E-state index in [1.165, 1.54) is 11.1 Å². The lowest BCUT2D eigenvalue weighted by atomic mass is 10.1. The van der Waals surface area contributed by atoms with E-state index in [4.69, 9.17) is 5.11 Å². The Kier molecular flexibility index (Phi) is 4.28. The fourth-order valence-electron chi connectivity index (χ4n) is 2.17. The molecule has 0 radical (unpaired) electrons. The quantitative estimate of drug-likeness (QED) is 0.928. The van der Waals surface area contributed by atoms with Gasteiger partial charge in [-0.1, -0.05) is 12.1 Å². The molecule has 0 unspecified atom stereocenters. The summed E-state index contributed by atoms with van der Waals surface area (Å²) in [6.07, 6.45) is 0.588. The van der Waals surface area contributed by atoms with Crippen molar-refractivity contribution in [2.75, 3.05) is 0 Å². The summed E-state index contributed by atoms with van der Waals surface area (Å²) in [5.41, 5.74) is 5.20. The van der Waals surface area contributed by atoms with Crippen LogP contribution in [0.5, 0.6) is 0 Å². The van der Waals surface area contributed by atoms with Crippen molar-refractivity contribution >= 4 is 21.9 Å². The molecule has 0 aliphatic carbocycles. The molecule has 4 nitrogen and oxygen atoms in total. The molecule has 2 rings (SSSR count). The van der Waals surface area contributed by atoms with Gasteiger partial charge in [0.25, 0.3) is 0 Å². The van der Waals surface area contributed by atoms with Gasteiger partial charge in [0.05, 0.1) is 11.4 Å². The number of nitrogens with zero attached hydrogens (tertiary/aromatic N) is 2. The van der Waals surface area contributed by atoms with Crippen molar-refractivity contribution in [2.45, 2.75) is 33.6 Å². The fourth-order valence-corrected chi connectivity index (χ4v) is 2.93. The monoisotopic (exact) mass is 336 g/mol. The third kappa shape index (κ3) is 2.77. The van der Waals surface area contributed by atoms with Gasteiger partial charge in [-0.05, 0) is 60.3 Å². The van der Waals surface area contributed by atoms with E-state index in [0.29, 0.717) is 6.42 Å². The molecule has 0 saturated heterocycles. The smallest absolute Gasteiger partial charge is 0.303 e. The van der Waals surface area contributed by atoms with E-state index >= 15 is 0 Å². The zero-order valence-corrected chi connectivity index (χ0v) is 13.4. The van der Waals surface area contributed by atoms with Crippen LogP contribution >= 0.6 is 15.9 Å². The molecule has 5 heteroatoms. The molecule has 0 aliphatic rings. The maximum atomic E-state index is 10.7. The molecule has 1 heterocycles. The SMILES string of the molecule is Cc1cccc(-n2nc(C)c(CCC(=O)O)c2Br)c1C. The third-order valence-electron chi connectivity index (χ3n) is 3.51. The van der Waals surface area contributed by atoms with Crippen molar-refractivity contribution in [3.05, 3.63) is 45.2 Å². The van der Waals surface area contributed by atoms with Crippen molar-refractivity contribution in [1.29, 1.82) is 0 Å². The Hall–Kier alpha value is -1.62. The average molecular weight is 337 g/mol. The van der Waals surface area contributed by atoms with Crippen LogP contribution in [-0.2, 0) is 11.2 Å². The summed E-state index contributed by atoms with van der Waals surface area (Å²) in [5.74, 6) is -0.796. The summed E-state index contributed by atoms with van der Waals surface area (Å²) >= 11 is 3.56. The Morgan fingerprint density at radius 1 is 1.35 bits per heavy atom. The van der Waals surface area contributed by atoms with E-state index < -0.39 is 5.97 Å². The lowest BCUT2D eigenvalue weighted by Gasteiger charge is -2.09. The van der Waals surface area contributed by atoms with Crippen molar-refractivity contribution in [3.8, 4) is 5.69 Å². The number of carbonyl (C=O) groups is 1. The summed E-state index contributed by atoms with van der Waals surface area (Å²) in [7, 11) is 0. The maximum Gasteiger partial charge on any atom is 0.303 e. The second kappa shape index (κ2) is 5.79. The number of rotatable bonds is 4. The van der Waals surface area contributed by atoms with Crippen LogP contribution in [0.4, 0.5) is 0 Å². The number of hydrogen-bond acceptors (Lipinski definition) is 2. The maximum absolute atomic E-state index is 10.7. The summed E-state index contributed by atoms with van der Waals surface area (Å²) in [4.78, 5) is 10.7. The van der Waals surface area contributed by atoms with Crippen LogP contribution in [0.3, 0.4) is 0 Å². The second-order valence-corrected chi connectivity index (χ2v) is 5.63. The van der Waals surface area contributed by atoms with E-state index in [9.17, 15) is 4.79 Å². The van der Waals surface area contributed by atoms with Gasteiger partial charge in [-0.15, -0.1) is 0 Å². The largest absolute Gasteiger partial charge is 0.481 e. The van der Waals surface area contributed by atoms with Gasteiger partial charge in [-0.25, -0.2) is 4.68 Å². The summed E-state index contributed by atoms with van der Waals surface area (Å²) < 4.78 is 2.68.